The summed E-state index contributed by atoms with van der Waals surface area (Å²) >= 11 is 1.68. The van der Waals surface area contributed by atoms with Crippen LogP contribution in [0.5, 0.6) is 5.75 Å². The Balaban J connectivity index is 1.44. The molecule has 4 rings (SSSR count). The van der Waals surface area contributed by atoms with E-state index in [0.717, 1.165) is 33.9 Å². The average molecular weight is 417 g/mol. The molecule has 0 bridgehead atoms. The van der Waals surface area contributed by atoms with Crippen molar-refractivity contribution in [3.8, 4) is 16.3 Å². The first kappa shape index (κ1) is 20.1. The molecule has 0 aliphatic heterocycles. The molecule has 1 amide bonds. The maximum Gasteiger partial charge on any atom is 0.255 e. The Kier molecular flexibility index (Phi) is 5.81. The summed E-state index contributed by atoms with van der Waals surface area (Å²) in [6.45, 7) is 6.19. The summed E-state index contributed by atoms with van der Waals surface area (Å²) in [7, 11) is 0. The van der Waals surface area contributed by atoms with Gasteiger partial charge in [0, 0.05) is 16.8 Å². The lowest BCUT2D eigenvalue weighted by molar-refractivity contribution is 0.102. The van der Waals surface area contributed by atoms with Crippen LogP contribution < -0.4 is 10.1 Å². The summed E-state index contributed by atoms with van der Waals surface area (Å²) in [5.41, 5.74) is 4.63. The molecule has 4 nitrogen and oxygen atoms in total. The lowest BCUT2D eigenvalue weighted by atomic mass is 10.1. The Morgan fingerprint density at radius 3 is 2.50 bits per heavy atom. The molecule has 3 aromatic carbocycles. The molecule has 0 aliphatic carbocycles. The molecular weight excluding hydrogens is 392 g/mol. The van der Waals surface area contributed by atoms with E-state index in [-0.39, 0.29) is 12.0 Å². The lowest BCUT2D eigenvalue weighted by Crippen LogP contribution is -2.12. The fourth-order valence-electron chi connectivity index (χ4n) is 3.06. The van der Waals surface area contributed by atoms with Gasteiger partial charge in [0.25, 0.3) is 5.91 Å². The SMILES string of the molecule is CCC(C)Oc1ccc(C(=O)Nc2ccc(-c3nc4ccc(C)cc4s3)cc2)cc1. The summed E-state index contributed by atoms with van der Waals surface area (Å²) < 4.78 is 6.95. The number of hydrogen-bond acceptors (Lipinski definition) is 4. The van der Waals surface area contributed by atoms with Crippen molar-refractivity contribution in [3.63, 3.8) is 0 Å². The van der Waals surface area contributed by atoms with Crippen LogP contribution in [0.4, 0.5) is 5.69 Å². The number of benzene rings is 3. The zero-order valence-electron chi connectivity index (χ0n) is 17.3. The Morgan fingerprint density at radius 2 is 1.80 bits per heavy atom. The average Bonchev–Trinajstić information content (AvgIpc) is 3.17. The number of hydrogen-bond donors (Lipinski definition) is 1. The van der Waals surface area contributed by atoms with E-state index >= 15 is 0 Å². The quantitative estimate of drug-likeness (QED) is 0.380. The standard InChI is InChI=1S/C25H24N2O2S/c1-4-17(3)29-21-12-8-18(9-13-21)24(28)26-20-10-6-19(7-11-20)25-27-22-14-5-16(2)15-23(22)30-25/h5-15,17H,4H2,1-3H3,(H,26,28). The van der Waals surface area contributed by atoms with Crippen LogP contribution in [0.3, 0.4) is 0 Å². The minimum absolute atomic E-state index is 0.145. The zero-order chi connectivity index (χ0) is 21.1. The second kappa shape index (κ2) is 8.67. The molecule has 0 radical (unpaired) electrons. The van der Waals surface area contributed by atoms with Crippen LogP contribution >= 0.6 is 11.3 Å². The first-order valence-electron chi connectivity index (χ1n) is 10.1. The van der Waals surface area contributed by atoms with Crippen LogP contribution in [0.25, 0.3) is 20.8 Å². The highest BCUT2D eigenvalue weighted by Crippen LogP contribution is 2.31. The van der Waals surface area contributed by atoms with Gasteiger partial charge in [-0.15, -0.1) is 11.3 Å². The van der Waals surface area contributed by atoms with Crippen molar-refractivity contribution in [3.05, 3.63) is 77.9 Å². The van der Waals surface area contributed by atoms with Gasteiger partial charge in [0.1, 0.15) is 10.8 Å². The van der Waals surface area contributed by atoms with Gasteiger partial charge in [-0.25, -0.2) is 4.98 Å². The van der Waals surface area contributed by atoms with Crippen LogP contribution in [0.1, 0.15) is 36.2 Å². The largest absolute Gasteiger partial charge is 0.491 e. The second-order valence-electron chi connectivity index (χ2n) is 7.38. The Morgan fingerprint density at radius 1 is 1.07 bits per heavy atom. The number of carbonyl (C=O) groups excluding carboxylic acids is 1. The number of carbonyl (C=O) groups is 1. The van der Waals surface area contributed by atoms with Crippen molar-refractivity contribution in [2.24, 2.45) is 0 Å². The van der Waals surface area contributed by atoms with E-state index in [9.17, 15) is 4.79 Å². The fraction of sp³-hybridized carbons (Fsp3) is 0.200. The molecule has 1 atom stereocenters. The smallest absolute Gasteiger partial charge is 0.255 e. The van der Waals surface area contributed by atoms with E-state index in [1.807, 2.05) is 43.3 Å². The summed E-state index contributed by atoms with van der Waals surface area (Å²) in [5, 5.41) is 3.92. The van der Waals surface area contributed by atoms with Crippen molar-refractivity contribution in [2.75, 3.05) is 5.32 Å². The van der Waals surface area contributed by atoms with E-state index in [1.54, 1.807) is 23.5 Å². The number of amides is 1. The molecule has 1 aromatic heterocycles. The monoisotopic (exact) mass is 416 g/mol. The number of ether oxygens (including phenoxy) is 1. The van der Waals surface area contributed by atoms with Crippen LogP contribution in [0.15, 0.2) is 66.7 Å². The van der Waals surface area contributed by atoms with Gasteiger partial charge in [-0.3, -0.25) is 4.79 Å². The topological polar surface area (TPSA) is 51.2 Å². The minimum Gasteiger partial charge on any atom is -0.491 e. The Labute approximate surface area is 180 Å². The first-order valence-corrected chi connectivity index (χ1v) is 10.9. The van der Waals surface area contributed by atoms with E-state index in [4.69, 9.17) is 9.72 Å². The maximum absolute atomic E-state index is 12.5. The molecule has 0 saturated carbocycles. The van der Waals surface area contributed by atoms with Crippen molar-refractivity contribution < 1.29 is 9.53 Å². The molecule has 0 saturated heterocycles. The number of rotatable bonds is 6. The van der Waals surface area contributed by atoms with Gasteiger partial charge >= 0.3 is 0 Å². The third-order valence-electron chi connectivity index (χ3n) is 4.96. The number of anilines is 1. The fourth-order valence-corrected chi connectivity index (χ4v) is 4.12. The van der Waals surface area contributed by atoms with E-state index in [2.05, 4.69) is 37.4 Å². The molecule has 0 fully saturated rings. The molecule has 5 heteroatoms. The third kappa shape index (κ3) is 4.52. The first-order chi connectivity index (χ1) is 14.5. The predicted octanol–water partition coefficient (Wildman–Crippen LogP) is 6.70. The van der Waals surface area contributed by atoms with Crippen LogP contribution in [-0.4, -0.2) is 17.0 Å². The van der Waals surface area contributed by atoms with Gasteiger partial charge < -0.3 is 10.1 Å². The lowest BCUT2D eigenvalue weighted by Gasteiger charge is -2.12. The molecule has 4 aromatic rings. The molecular formula is C25H24N2O2S. The van der Waals surface area contributed by atoms with Gasteiger partial charge in [0.15, 0.2) is 0 Å². The van der Waals surface area contributed by atoms with Crippen LogP contribution in [0, 0.1) is 6.92 Å². The number of nitrogens with zero attached hydrogens (tertiary/aromatic N) is 1. The summed E-state index contributed by atoms with van der Waals surface area (Å²) in [5.74, 6) is 0.629. The van der Waals surface area contributed by atoms with Crippen molar-refractivity contribution >= 4 is 33.1 Å². The van der Waals surface area contributed by atoms with Crippen LogP contribution in [-0.2, 0) is 0 Å². The molecule has 1 N–H and O–H groups in total. The second-order valence-corrected chi connectivity index (χ2v) is 8.41. The van der Waals surface area contributed by atoms with Gasteiger partial charge in [0.2, 0.25) is 0 Å². The normalized spacial score (nSPS) is 12.0. The van der Waals surface area contributed by atoms with Crippen LogP contribution in [0.2, 0.25) is 0 Å². The van der Waals surface area contributed by atoms with E-state index < -0.39 is 0 Å². The highest BCUT2D eigenvalue weighted by atomic mass is 32.1. The van der Waals surface area contributed by atoms with Crippen molar-refractivity contribution in [2.45, 2.75) is 33.3 Å². The molecule has 30 heavy (non-hydrogen) atoms. The summed E-state index contributed by atoms with van der Waals surface area (Å²) in [6, 6.07) is 21.3. The molecule has 0 spiro atoms. The van der Waals surface area contributed by atoms with Gasteiger partial charge in [-0.1, -0.05) is 13.0 Å². The van der Waals surface area contributed by atoms with E-state index in [0.29, 0.717) is 5.56 Å². The van der Waals surface area contributed by atoms with Gasteiger partial charge in [-0.2, -0.15) is 0 Å². The maximum atomic E-state index is 12.5. The third-order valence-corrected chi connectivity index (χ3v) is 6.03. The zero-order valence-corrected chi connectivity index (χ0v) is 18.1. The minimum atomic E-state index is -0.145. The molecule has 152 valence electrons. The molecule has 1 unspecified atom stereocenters. The molecule has 1 heterocycles. The van der Waals surface area contributed by atoms with Crippen molar-refractivity contribution in [1.29, 1.82) is 0 Å². The highest BCUT2D eigenvalue weighted by molar-refractivity contribution is 7.21. The Bertz CT molecular complexity index is 1160. The predicted molar refractivity (Wildman–Crippen MR) is 125 cm³/mol. The van der Waals surface area contributed by atoms with E-state index in [1.165, 1.54) is 10.3 Å². The van der Waals surface area contributed by atoms with Crippen molar-refractivity contribution in [1.82, 2.24) is 4.98 Å². The van der Waals surface area contributed by atoms with Gasteiger partial charge in [-0.05, 0) is 86.5 Å². The summed E-state index contributed by atoms with van der Waals surface area (Å²) in [6.07, 6.45) is 1.09. The number of aromatic nitrogens is 1. The number of thiazole rings is 1. The van der Waals surface area contributed by atoms with Gasteiger partial charge in [0.05, 0.1) is 16.3 Å². The highest BCUT2D eigenvalue weighted by Gasteiger charge is 2.09. The number of fused-ring (bicyclic) bond motifs is 1. The number of aryl methyl sites for hydroxylation is 1. The summed E-state index contributed by atoms with van der Waals surface area (Å²) in [4.78, 5) is 17.3. The molecule has 0 aliphatic rings. The Hall–Kier alpha value is -3.18. The number of nitrogens with one attached hydrogen (secondary N) is 1.